The molecule has 0 bridgehead atoms. The van der Waals surface area contributed by atoms with Gasteiger partial charge in [0.25, 0.3) is 0 Å². The smallest absolute Gasteiger partial charge is 0.240 e. The first-order valence-corrected chi connectivity index (χ1v) is 8.75. The zero-order valence-electron chi connectivity index (χ0n) is 11.6. The van der Waals surface area contributed by atoms with Gasteiger partial charge in [0, 0.05) is 13.2 Å². The minimum atomic E-state index is -3.42. The average molecular weight is 295 g/mol. The summed E-state index contributed by atoms with van der Waals surface area (Å²) in [5.41, 5.74) is 2.45. The van der Waals surface area contributed by atoms with Crippen molar-refractivity contribution in [2.24, 2.45) is 5.41 Å². The number of sulfonamides is 1. The highest BCUT2D eigenvalue weighted by Gasteiger charge is 2.42. The van der Waals surface area contributed by atoms with Crippen molar-refractivity contribution in [2.45, 2.75) is 43.4 Å². The van der Waals surface area contributed by atoms with Crippen LogP contribution in [0, 0.1) is 5.41 Å². The van der Waals surface area contributed by atoms with E-state index >= 15 is 0 Å². The number of fused-ring (bicyclic) bond motifs is 1. The van der Waals surface area contributed by atoms with Crippen LogP contribution >= 0.6 is 0 Å². The quantitative estimate of drug-likeness (QED) is 0.838. The van der Waals surface area contributed by atoms with Crippen LogP contribution in [-0.4, -0.2) is 26.7 Å². The number of hydrogen-bond acceptors (Lipinski definition) is 3. The third-order valence-electron chi connectivity index (χ3n) is 4.62. The van der Waals surface area contributed by atoms with Gasteiger partial charge in [-0.05, 0) is 67.2 Å². The second kappa shape index (κ2) is 5.13. The first-order valence-electron chi connectivity index (χ1n) is 7.27. The number of rotatable bonds is 6. The SMILES string of the molecule is O=S(=O)(NCC1(CCO)CC1)c1ccc2c(c1)CCC2. The molecule has 1 fully saturated rings. The molecular weight excluding hydrogens is 274 g/mol. The molecule has 110 valence electrons. The molecular formula is C15H21NO3S. The largest absolute Gasteiger partial charge is 0.396 e. The van der Waals surface area contributed by atoms with Crippen molar-refractivity contribution in [1.29, 1.82) is 0 Å². The molecule has 3 rings (SSSR count). The Hall–Kier alpha value is -0.910. The summed E-state index contributed by atoms with van der Waals surface area (Å²) < 4.78 is 27.4. The summed E-state index contributed by atoms with van der Waals surface area (Å²) in [6, 6.07) is 5.46. The van der Waals surface area contributed by atoms with Gasteiger partial charge in [0.05, 0.1) is 4.90 Å². The highest BCUT2D eigenvalue weighted by molar-refractivity contribution is 7.89. The minimum absolute atomic E-state index is 0.00144. The summed E-state index contributed by atoms with van der Waals surface area (Å²) in [4.78, 5) is 0.373. The molecule has 0 saturated heterocycles. The van der Waals surface area contributed by atoms with Crippen LogP contribution in [0.15, 0.2) is 23.1 Å². The van der Waals surface area contributed by atoms with E-state index in [1.54, 1.807) is 6.07 Å². The van der Waals surface area contributed by atoms with Gasteiger partial charge in [0.1, 0.15) is 0 Å². The third kappa shape index (κ3) is 2.75. The number of hydrogen-bond donors (Lipinski definition) is 2. The zero-order valence-corrected chi connectivity index (χ0v) is 12.4. The lowest BCUT2D eigenvalue weighted by Crippen LogP contribution is -2.30. The Morgan fingerprint density at radius 1 is 1.20 bits per heavy atom. The van der Waals surface area contributed by atoms with Crippen molar-refractivity contribution >= 4 is 10.0 Å². The molecule has 0 aromatic heterocycles. The molecule has 0 aliphatic heterocycles. The molecule has 5 heteroatoms. The fraction of sp³-hybridized carbons (Fsp3) is 0.600. The van der Waals surface area contributed by atoms with Crippen LogP contribution in [-0.2, 0) is 22.9 Å². The van der Waals surface area contributed by atoms with Gasteiger partial charge in [-0.25, -0.2) is 13.1 Å². The summed E-state index contributed by atoms with van der Waals surface area (Å²) in [5.74, 6) is 0. The third-order valence-corrected chi connectivity index (χ3v) is 6.02. The maximum Gasteiger partial charge on any atom is 0.240 e. The van der Waals surface area contributed by atoms with Crippen LogP contribution in [0.2, 0.25) is 0 Å². The molecule has 0 unspecified atom stereocenters. The maximum atomic E-state index is 12.3. The van der Waals surface area contributed by atoms with E-state index in [2.05, 4.69) is 4.72 Å². The van der Waals surface area contributed by atoms with Gasteiger partial charge in [-0.15, -0.1) is 0 Å². The number of aliphatic hydroxyl groups excluding tert-OH is 1. The standard InChI is InChI=1S/C15H21NO3S/c17-9-8-15(6-7-15)11-16-20(18,19)14-5-4-12-2-1-3-13(12)10-14/h4-5,10,16-17H,1-3,6-9,11H2. The Morgan fingerprint density at radius 3 is 2.65 bits per heavy atom. The number of nitrogens with one attached hydrogen (secondary N) is 1. The summed E-state index contributed by atoms with van der Waals surface area (Å²) in [6.45, 7) is 0.563. The Labute approximate surface area is 120 Å². The van der Waals surface area contributed by atoms with Crippen molar-refractivity contribution in [3.63, 3.8) is 0 Å². The monoisotopic (exact) mass is 295 g/mol. The van der Waals surface area contributed by atoms with Gasteiger partial charge in [0.15, 0.2) is 0 Å². The van der Waals surface area contributed by atoms with Crippen molar-refractivity contribution in [1.82, 2.24) is 4.72 Å². The maximum absolute atomic E-state index is 12.3. The van der Waals surface area contributed by atoms with E-state index in [1.165, 1.54) is 11.1 Å². The zero-order chi connectivity index (χ0) is 14.2. The fourth-order valence-corrected chi connectivity index (χ4v) is 4.18. The van der Waals surface area contributed by atoms with Gasteiger partial charge < -0.3 is 5.11 Å². The van der Waals surface area contributed by atoms with E-state index < -0.39 is 10.0 Å². The lowest BCUT2D eigenvalue weighted by atomic mass is 10.0. The molecule has 0 radical (unpaired) electrons. The van der Waals surface area contributed by atoms with E-state index in [1.807, 2.05) is 12.1 Å². The summed E-state index contributed by atoms with van der Waals surface area (Å²) in [7, 11) is -3.42. The van der Waals surface area contributed by atoms with Crippen molar-refractivity contribution < 1.29 is 13.5 Å². The predicted octanol–water partition coefficient (Wildman–Crippen LogP) is 1.62. The van der Waals surface area contributed by atoms with Crippen LogP contribution in [0.1, 0.15) is 36.8 Å². The molecule has 1 saturated carbocycles. The average Bonchev–Trinajstić information content (AvgIpc) is 3.03. The first-order chi connectivity index (χ1) is 9.55. The number of aliphatic hydroxyl groups is 1. The molecule has 2 N–H and O–H groups in total. The van der Waals surface area contributed by atoms with Crippen molar-refractivity contribution in [3.8, 4) is 0 Å². The molecule has 1 aromatic carbocycles. The Bertz CT molecular complexity index is 606. The van der Waals surface area contributed by atoms with Crippen LogP contribution in [0.3, 0.4) is 0 Å². The molecule has 2 aliphatic rings. The molecule has 1 aromatic rings. The normalized spacial score (nSPS) is 19.9. The first kappa shape index (κ1) is 14.0. The molecule has 0 amide bonds. The highest BCUT2D eigenvalue weighted by atomic mass is 32.2. The molecule has 4 nitrogen and oxygen atoms in total. The second-order valence-electron chi connectivity index (χ2n) is 6.08. The van der Waals surface area contributed by atoms with Crippen LogP contribution in [0.25, 0.3) is 0 Å². The van der Waals surface area contributed by atoms with Crippen molar-refractivity contribution in [3.05, 3.63) is 29.3 Å². The fourth-order valence-electron chi connectivity index (χ4n) is 2.98. The highest BCUT2D eigenvalue weighted by Crippen LogP contribution is 2.48. The molecule has 0 heterocycles. The van der Waals surface area contributed by atoms with Gasteiger partial charge in [-0.2, -0.15) is 0 Å². The summed E-state index contributed by atoms with van der Waals surface area (Å²) >= 11 is 0. The summed E-state index contributed by atoms with van der Waals surface area (Å²) in [6.07, 6.45) is 5.84. The van der Waals surface area contributed by atoms with Crippen molar-refractivity contribution in [2.75, 3.05) is 13.2 Å². The minimum Gasteiger partial charge on any atom is -0.396 e. The number of benzene rings is 1. The van der Waals surface area contributed by atoms with Crippen LogP contribution in [0.4, 0.5) is 0 Å². The summed E-state index contributed by atoms with van der Waals surface area (Å²) in [5, 5.41) is 9.02. The molecule has 0 atom stereocenters. The lowest BCUT2D eigenvalue weighted by molar-refractivity contribution is 0.249. The second-order valence-corrected chi connectivity index (χ2v) is 7.85. The van der Waals surface area contributed by atoms with E-state index in [0.29, 0.717) is 17.9 Å². The Morgan fingerprint density at radius 2 is 1.95 bits per heavy atom. The molecule has 20 heavy (non-hydrogen) atoms. The Balaban J connectivity index is 1.72. The lowest BCUT2D eigenvalue weighted by Gasteiger charge is -2.15. The van der Waals surface area contributed by atoms with Gasteiger partial charge in [-0.1, -0.05) is 6.07 Å². The van der Waals surface area contributed by atoms with Gasteiger partial charge in [0.2, 0.25) is 10.0 Å². The number of aryl methyl sites for hydroxylation is 2. The van der Waals surface area contributed by atoms with E-state index in [0.717, 1.165) is 32.1 Å². The van der Waals surface area contributed by atoms with Gasteiger partial charge >= 0.3 is 0 Å². The van der Waals surface area contributed by atoms with E-state index in [9.17, 15) is 8.42 Å². The predicted molar refractivity (Wildman–Crippen MR) is 77.0 cm³/mol. The van der Waals surface area contributed by atoms with E-state index in [4.69, 9.17) is 5.11 Å². The molecule has 0 spiro atoms. The van der Waals surface area contributed by atoms with E-state index in [-0.39, 0.29) is 12.0 Å². The van der Waals surface area contributed by atoms with Crippen LogP contribution < -0.4 is 4.72 Å². The Kier molecular flexibility index (Phi) is 3.60. The molecule has 2 aliphatic carbocycles. The topological polar surface area (TPSA) is 66.4 Å². The van der Waals surface area contributed by atoms with Gasteiger partial charge in [-0.3, -0.25) is 0 Å². The van der Waals surface area contributed by atoms with Crippen LogP contribution in [0.5, 0.6) is 0 Å².